The van der Waals surface area contributed by atoms with E-state index in [-0.39, 0.29) is 18.1 Å². The molecule has 0 saturated heterocycles. The number of para-hydroxylation sites is 2. The van der Waals surface area contributed by atoms with Crippen LogP contribution in [0.5, 0.6) is 0 Å². The van der Waals surface area contributed by atoms with Gasteiger partial charge in [-0.15, -0.1) is 0 Å². The number of amides is 1. The van der Waals surface area contributed by atoms with Crippen molar-refractivity contribution in [2.24, 2.45) is 0 Å². The average Bonchev–Trinajstić information content (AvgIpc) is 3.07. The number of nitrogens with one attached hydrogen (secondary N) is 2. The molecule has 0 bridgehead atoms. The van der Waals surface area contributed by atoms with Crippen LogP contribution >= 0.6 is 0 Å². The maximum Gasteiger partial charge on any atom is 0.292 e. The number of aromatic nitrogens is 1. The molecule has 0 aliphatic carbocycles. The molecule has 27 heavy (non-hydrogen) atoms. The third-order valence-electron chi connectivity index (χ3n) is 3.96. The Balaban J connectivity index is 1.63. The van der Waals surface area contributed by atoms with Crippen LogP contribution in [0.25, 0.3) is 11.3 Å². The number of anilines is 1. The highest BCUT2D eigenvalue weighted by Crippen LogP contribution is 2.25. The quantitative estimate of drug-likeness (QED) is 0.377. The number of carbonyl (C=O) groups is 1. The molecule has 1 heterocycles. The number of hydrogen-bond donors (Lipinski definition) is 2. The molecular formula is C19H18N4O4. The second-order valence-electron chi connectivity index (χ2n) is 5.79. The number of benzene rings is 2. The van der Waals surface area contributed by atoms with Crippen molar-refractivity contribution in [2.75, 3.05) is 18.4 Å². The van der Waals surface area contributed by atoms with E-state index in [9.17, 15) is 14.9 Å². The van der Waals surface area contributed by atoms with Gasteiger partial charge in [0.15, 0.2) is 0 Å². The summed E-state index contributed by atoms with van der Waals surface area (Å²) in [5, 5.41) is 20.7. The van der Waals surface area contributed by atoms with E-state index in [2.05, 4.69) is 15.8 Å². The highest BCUT2D eigenvalue weighted by molar-refractivity contribution is 6.00. The lowest BCUT2D eigenvalue weighted by atomic mass is 10.1. The second kappa shape index (κ2) is 8.13. The minimum absolute atomic E-state index is 0.00919. The number of hydrogen-bond acceptors (Lipinski definition) is 6. The summed E-state index contributed by atoms with van der Waals surface area (Å²) in [7, 11) is 0. The van der Waals surface area contributed by atoms with E-state index in [0.29, 0.717) is 29.2 Å². The number of rotatable bonds is 7. The number of nitro groups is 1. The molecule has 2 N–H and O–H groups in total. The molecule has 1 aromatic heterocycles. The van der Waals surface area contributed by atoms with Gasteiger partial charge in [-0.2, -0.15) is 0 Å². The SMILES string of the molecule is Cc1onc(-c2ccccc2)c1C(=O)NCCNc1ccccc1[N+](=O)[O-]. The van der Waals surface area contributed by atoms with Gasteiger partial charge in [0.2, 0.25) is 0 Å². The van der Waals surface area contributed by atoms with Crippen molar-refractivity contribution in [1.82, 2.24) is 10.5 Å². The zero-order chi connectivity index (χ0) is 19.2. The Kier molecular flexibility index (Phi) is 5.46. The monoisotopic (exact) mass is 366 g/mol. The molecule has 0 atom stereocenters. The van der Waals surface area contributed by atoms with Crippen molar-refractivity contribution in [2.45, 2.75) is 6.92 Å². The maximum atomic E-state index is 12.6. The van der Waals surface area contributed by atoms with E-state index >= 15 is 0 Å². The van der Waals surface area contributed by atoms with Crippen LogP contribution in [0, 0.1) is 17.0 Å². The minimum Gasteiger partial charge on any atom is -0.378 e. The predicted octanol–water partition coefficient (Wildman–Crippen LogP) is 3.40. The predicted molar refractivity (Wildman–Crippen MR) is 101 cm³/mol. The standard InChI is InChI=1S/C19H18N4O4/c1-13-17(18(22-27-13)14-7-3-2-4-8-14)19(24)21-12-11-20-15-9-5-6-10-16(15)23(25)26/h2-10,20H,11-12H2,1H3,(H,21,24). The molecule has 0 radical (unpaired) electrons. The highest BCUT2D eigenvalue weighted by atomic mass is 16.6. The van der Waals surface area contributed by atoms with Crippen LogP contribution in [0.15, 0.2) is 59.1 Å². The molecule has 8 heteroatoms. The van der Waals surface area contributed by atoms with Crippen molar-refractivity contribution in [3.63, 3.8) is 0 Å². The van der Waals surface area contributed by atoms with Gasteiger partial charge in [0.1, 0.15) is 22.7 Å². The molecule has 0 fully saturated rings. The number of carbonyl (C=O) groups excluding carboxylic acids is 1. The van der Waals surface area contributed by atoms with Gasteiger partial charge in [0.25, 0.3) is 11.6 Å². The number of nitrogens with zero attached hydrogens (tertiary/aromatic N) is 2. The molecule has 0 unspecified atom stereocenters. The zero-order valence-corrected chi connectivity index (χ0v) is 14.6. The van der Waals surface area contributed by atoms with Gasteiger partial charge >= 0.3 is 0 Å². The molecule has 2 aromatic carbocycles. The zero-order valence-electron chi connectivity index (χ0n) is 14.6. The summed E-state index contributed by atoms with van der Waals surface area (Å²) in [4.78, 5) is 23.1. The first-order valence-electron chi connectivity index (χ1n) is 8.35. The Morgan fingerprint density at radius 2 is 1.81 bits per heavy atom. The molecule has 0 aliphatic heterocycles. The first kappa shape index (κ1) is 18.1. The van der Waals surface area contributed by atoms with E-state index < -0.39 is 4.92 Å². The van der Waals surface area contributed by atoms with Crippen LogP contribution in [-0.4, -0.2) is 29.1 Å². The third-order valence-corrected chi connectivity index (χ3v) is 3.96. The molecule has 3 rings (SSSR count). The Labute approximate surface area is 155 Å². The fourth-order valence-electron chi connectivity index (χ4n) is 2.68. The van der Waals surface area contributed by atoms with E-state index in [4.69, 9.17) is 4.52 Å². The average molecular weight is 366 g/mol. The Hall–Kier alpha value is -3.68. The van der Waals surface area contributed by atoms with Gasteiger partial charge in [-0.1, -0.05) is 47.6 Å². The molecule has 1 amide bonds. The highest BCUT2D eigenvalue weighted by Gasteiger charge is 2.21. The van der Waals surface area contributed by atoms with Crippen molar-refractivity contribution >= 4 is 17.3 Å². The van der Waals surface area contributed by atoms with E-state index in [1.54, 1.807) is 25.1 Å². The van der Waals surface area contributed by atoms with Crippen LogP contribution in [0.3, 0.4) is 0 Å². The molecular weight excluding hydrogens is 348 g/mol. The Morgan fingerprint density at radius 1 is 1.11 bits per heavy atom. The molecule has 138 valence electrons. The van der Waals surface area contributed by atoms with Crippen LogP contribution < -0.4 is 10.6 Å². The van der Waals surface area contributed by atoms with Crippen LogP contribution in [0.1, 0.15) is 16.1 Å². The summed E-state index contributed by atoms with van der Waals surface area (Å²) >= 11 is 0. The smallest absolute Gasteiger partial charge is 0.292 e. The van der Waals surface area contributed by atoms with Crippen molar-refractivity contribution < 1.29 is 14.2 Å². The first-order valence-corrected chi connectivity index (χ1v) is 8.35. The van der Waals surface area contributed by atoms with E-state index in [0.717, 1.165) is 5.56 Å². The summed E-state index contributed by atoms with van der Waals surface area (Å²) in [6.07, 6.45) is 0. The van der Waals surface area contributed by atoms with Gasteiger partial charge in [-0.3, -0.25) is 14.9 Å². The van der Waals surface area contributed by atoms with Gasteiger partial charge in [0, 0.05) is 24.7 Å². The van der Waals surface area contributed by atoms with Gasteiger partial charge in [-0.05, 0) is 13.0 Å². The summed E-state index contributed by atoms with van der Waals surface area (Å²) in [5.74, 6) is 0.120. The Morgan fingerprint density at radius 3 is 2.56 bits per heavy atom. The molecule has 3 aromatic rings. The minimum atomic E-state index is -0.451. The summed E-state index contributed by atoms with van der Waals surface area (Å²) < 4.78 is 5.19. The lowest BCUT2D eigenvalue weighted by Crippen LogP contribution is -2.29. The fourth-order valence-corrected chi connectivity index (χ4v) is 2.68. The van der Waals surface area contributed by atoms with E-state index in [1.807, 2.05) is 30.3 Å². The number of aryl methyl sites for hydroxylation is 1. The topological polar surface area (TPSA) is 110 Å². The van der Waals surface area contributed by atoms with E-state index in [1.165, 1.54) is 6.07 Å². The fraction of sp³-hybridized carbons (Fsp3) is 0.158. The molecule has 8 nitrogen and oxygen atoms in total. The molecule has 0 aliphatic rings. The molecule has 0 saturated carbocycles. The summed E-state index contributed by atoms with van der Waals surface area (Å²) in [6.45, 7) is 2.30. The first-order chi connectivity index (χ1) is 13.1. The second-order valence-corrected chi connectivity index (χ2v) is 5.79. The largest absolute Gasteiger partial charge is 0.378 e. The third kappa shape index (κ3) is 4.12. The van der Waals surface area contributed by atoms with Crippen molar-refractivity contribution in [3.05, 3.63) is 76.0 Å². The lowest BCUT2D eigenvalue weighted by Gasteiger charge is -2.08. The van der Waals surface area contributed by atoms with Crippen LogP contribution in [-0.2, 0) is 0 Å². The normalized spacial score (nSPS) is 10.4. The lowest BCUT2D eigenvalue weighted by molar-refractivity contribution is -0.384. The molecule has 0 spiro atoms. The number of nitro benzene ring substituents is 1. The van der Waals surface area contributed by atoms with Crippen molar-refractivity contribution in [1.29, 1.82) is 0 Å². The Bertz CT molecular complexity index is 953. The summed E-state index contributed by atoms with van der Waals surface area (Å²) in [5.41, 5.74) is 2.05. The summed E-state index contributed by atoms with van der Waals surface area (Å²) in [6, 6.07) is 15.7. The van der Waals surface area contributed by atoms with Crippen LogP contribution in [0.2, 0.25) is 0 Å². The van der Waals surface area contributed by atoms with Gasteiger partial charge < -0.3 is 15.2 Å². The van der Waals surface area contributed by atoms with Gasteiger partial charge in [-0.25, -0.2) is 0 Å². The van der Waals surface area contributed by atoms with Crippen molar-refractivity contribution in [3.8, 4) is 11.3 Å². The van der Waals surface area contributed by atoms with Gasteiger partial charge in [0.05, 0.1) is 4.92 Å². The van der Waals surface area contributed by atoms with Crippen LogP contribution in [0.4, 0.5) is 11.4 Å². The maximum absolute atomic E-state index is 12.6.